The molecule has 0 bridgehead atoms. The number of hydrogen-bond donors (Lipinski definition) is 0. The van der Waals surface area contributed by atoms with E-state index in [2.05, 4.69) is 4.98 Å². The summed E-state index contributed by atoms with van der Waals surface area (Å²) in [5.41, 5.74) is -0.113. The first-order valence-electron chi connectivity index (χ1n) is 7.98. The Balaban J connectivity index is 1.81. The average Bonchev–Trinajstić information content (AvgIpc) is 2.65. The van der Waals surface area contributed by atoms with Crippen molar-refractivity contribution in [3.63, 3.8) is 0 Å². The van der Waals surface area contributed by atoms with Crippen molar-refractivity contribution in [2.45, 2.75) is 13.1 Å². The van der Waals surface area contributed by atoms with Gasteiger partial charge in [-0.25, -0.2) is 9.37 Å². The van der Waals surface area contributed by atoms with E-state index in [4.69, 9.17) is 0 Å². The normalized spacial score (nSPS) is 10.7. The summed E-state index contributed by atoms with van der Waals surface area (Å²) in [6.45, 7) is -0.211. The highest BCUT2D eigenvalue weighted by Gasteiger charge is 2.15. The fourth-order valence-corrected chi connectivity index (χ4v) is 2.61. The number of amides is 1. The first-order chi connectivity index (χ1) is 12.9. The zero-order valence-electron chi connectivity index (χ0n) is 14.3. The van der Waals surface area contributed by atoms with Gasteiger partial charge in [-0.05, 0) is 12.1 Å². The lowest BCUT2D eigenvalue weighted by Crippen LogP contribution is -2.34. The number of halogens is 1. The number of carbonyl (C=O) groups is 1. The molecular weight excluding hydrogens is 355 g/mol. The van der Waals surface area contributed by atoms with E-state index in [9.17, 15) is 24.1 Å². The first kappa shape index (κ1) is 18.2. The topological polar surface area (TPSA) is 98.3 Å². The van der Waals surface area contributed by atoms with Crippen molar-refractivity contribution in [2.24, 2.45) is 0 Å². The third kappa shape index (κ3) is 3.81. The summed E-state index contributed by atoms with van der Waals surface area (Å²) in [4.78, 5) is 40.5. The molecule has 1 heterocycles. The molecule has 138 valence electrons. The standard InChI is InChI=1S/C18H15FN4O4/c1-21(9-12-4-2-3-5-15(12)19)17(24)10-22-11-20-16-8-13(23(26)27)6-7-14(16)18(22)25/h2-8,11H,9-10H2,1H3. The molecule has 9 heteroatoms. The molecule has 0 saturated heterocycles. The van der Waals surface area contributed by atoms with E-state index in [1.807, 2.05) is 0 Å². The number of nitrogens with zero attached hydrogens (tertiary/aromatic N) is 4. The Morgan fingerprint density at radius 3 is 2.74 bits per heavy atom. The number of nitro groups is 1. The van der Waals surface area contributed by atoms with Crippen molar-refractivity contribution in [3.05, 3.63) is 80.6 Å². The number of carbonyl (C=O) groups excluding carboxylic acids is 1. The molecule has 0 fully saturated rings. The number of nitro benzene ring substituents is 1. The van der Waals surface area contributed by atoms with Crippen LogP contribution in [0.15, 0.2) is 53.6 Å². The van der Waals surface area contributed by atoms with Crippen LogP contribution in [-0.2, 0) is 17.9 Å². The Kier molecular flexibility index (Phi) is 4.93. The molecule has 0 radical (unpaired) electrons. The van der Waals surface area contributed by atoms with Crippen LogP contribution in [0.3, 0.4) is 0 Å². The van der Waals surface area contributed by atoms with Crippen LogP contribution in [0.5, 0.6) is 0 Å². The quantitative estimate of drug-likeness (QED) is 0.506. The van der Waals surface area contributed by atoms with Crippen LogP contribution in [0.1, 0.15) is 5.56 Å². The van der Waals surface area contributed by atoms with Crippen LogP contribution in [-0.4, -0.2) is 32.3 Å². The largest absolute Gasteiger partial charge is 0.340 e. The second kappa shape index (κ2) is 7.32. The van der Waals surface area contributed by atoms with Crippen LogP contribution in [0.2, 0.25) is 0 Å². The fraction of sp³-hybridized carbons (Fsp3) is 0.167. The smallest absolute Gasteiger partial charge is 0.271 e. The van der Waals surface area contributed by atoms with Gasteiger partial charge in [-0.15, -0.1) is 0 Å². The van der Waals surface area contributed by atoms with Crippen LogP contribution in [0, 0.1) is 15.9 Å². The first-order valence-corrected chi connectivity index (χ1v) is 7.98. The van der Waals surface area contributed by atoms with E-state index in [0.29, 0.717) is 5.56 Å². The molecule has 0 saturated carbocycles. The molecular formula is C18H15FN4O4. The molecule has 0 aliphatic heterocycles. The Bertz CT molecular complexity index is 1100. The average molecular weight is 370 g/mol. The monoisotopic (exact) mass is 370 g/mol. The lowest BCUT2D eigenvalue weighted by molar-refractivity contribution is -0.384. The van der Waals surface area contributed by atoms with E-state index in [0.717, 1.165) is 4.57 Å². The third-order valence-electron chi connectivity index (χ3n) is 4.12. The fourth-order valence-electron chi connectivity index (χ4n) is 2.61. The lowest BCUT2D eigenvalue weighted by Gasteiger charge is -2.18. The second-order valence-corrected chi connectivity index (χ2v) is 5.98. The highest BCUT2D eigenvalue weighted by atomic mass is 19.1. The summed E-state index contributed by atoms with van der Waals surface area (Å²) in [5, 5.41) is 11.0. The Labute approximate surface area is 152 Å². The number of hydrogen-bond acceptors (Lipinski definition) is 5. The minimum Gasteiger partial charge on any atom is -0.340 e. The number of fused-ring (bicyclic) bond motifs is 1. The minimum absolute atomic E-state index is 0.0630. The molecule has 27 heavy (non-hydrogen) atoms. The molecule has 0 aliphatic rings. The van der Waals surface area contributed by atoms with Gasteiger partial charge >= 0.3 is 0 Å². The molecule has 1 amide bonds. The number of non-ortho nitro benzene ring substituents is 1. The van der Waals surface area contributed by atoms with Crippen LogP contribution < -0.4 is 5.56 Å². The Morgan fingerprint density at radius 1 is 1.30 bits per heavy atom. The molecule has 8 nitrogen and oxygen atoms in total. The van der Waals surface area contributed by atoms with Gasteiger partial charge in [-0.1, -0.05) is 18.2 Å². The van der Waals surface area contributed by atoms with E-state index >= 15 is 0 Å². The molecule has 1 aromatic heterocycles. The summed E-state index contributed by atoms with van der Waals surface area (Å²) in [6.07, 6.45) is 1.17. The van der Waals surface area contributed by atoms with Gasteiger partial charge in [-0.2, -0.15) is 0 Å². The maximum atomic E-state index is 13.7. The molecule has 0 aliphatic carbocycles. The predicted molar refractivity (Wildman–Crippen MR) is 95.5 cm³/mol. The molecule has 0 atom stereocenters. The molecule has 3 rings (SSSR count). The van der Waals surface area contributed by atoms with Gasteiger partial charge in [0.25, 0.3) is 11.2 Å². The van der Waals surface area contributed by atoms with Crippen LogP contribution in [0.4, 0.5) is 10.1 Å². The number of aromatic nitrogens is 2. The highest BCUT2D eigenvalue weighted by molar-refractivity contribution is 5.80. The highest BCUT2D eigenvalue weighted by Crippen LogP contribution is 2.16. The second-order valence-electron chi connectivity index (χ2n) is 5.98. The van der Waals surface area contributed by atoms with Crippen molar-refractivity contribution in [1.29, 1.82) is 0 Å². The van der Waals surface area contributed by atoms with Crippen molar-refractivity contribution in [2.75, 3.05) is 7.05 Å². The Morgan fingerprint density at radius 2 is 2.04 bits per heavy atom. The summed E-state index contributed by atoms with van der Waals surface area (Å²) in [6, 6.07) is 9.85. The van der Waals surface area contributed by atoms with Crippen molar-refractivity contribution < 1.29 is 14.1 Å². The van der Waals surface area contributed by atoms with Gasteiger partial charge in [0.2, 0.25) is 5.91 Å². The lowest BCUT2D eigenvalue weighted by atomic mass is 10.2. The summed E-state index contributed by atoms with van der Waals surface area (Å²) in [5.74, 6) is -0.813. The van der Waals surface area contributed by atoms with E-state index in [-0.39, 0.29) is 29.7 Å². The van der Waals surface area contributed by atoms with E-state index in [1.165, 1.54) is 42.5 Å². The molecule has 0 N–H and O–H groups in total. The molecule has 2 aromatic carbocycles. The van der Waals surface area contributed by atoms with Gasteiger partial charge in [0.05, 0.1) is 22.2 Å². The summed E-state index contributed by atoms with van der Waals surface area (Å²) in [7, 11) is 1.51. The maximum absolute atomic E-state index is 13.7. The van der Waals surface area contributed by atoms with Gasteiger partial charge in [0.1, 0.15) is 12.4 Å². The predicted octanol–water partition coefficient (Wildman–Crippen LogP) is 2.10. The molecule has 0 unspecified atom stereocenters. The molecule has 0 spiro atoms. The van der Waals surface area contributed by atoms with E-state index < -0.39 is 22.2 Å². The van der Waals surface area contributed by atoms with Gasteiger partial charge in [0, 0.05) is 31.3 Å². The minimum atomic E-state index is -0.576. The van der Waals surface area contributed by atoms with Crippen molar-refractivity contribution in [1.82, 2.24) is 14.5 Å². The van der Waals surface area contributed by atoms with Crippen LogP contribution >= 0.6 is 0 Å². The van der Waals surface area contributed by atoms with Crippen molar-refractivity contribution >= 4 is 22.5 Å². The zero-order chi connectivity index (χ0) is 19.6. The number of benzene rings is 2. The zero-order valence-corrected chi connectivity index (χ0v) is 14.3. The van der Waals surface area contributed by atoms with Gasteiger partial charge < -0.3 is 4.90 Å². The van der Waals surface area contributed by atoms with E-state index in [1.54, 1.807) is 18.2 Å². The SMILES string of the molecule is CN(Cc1ccccc1F)C(=O)Cn1cnc2cc([N+](=O)[O-])ccc2c1=O. The van der Waals surface area contributed by atoms with Crippen molar-refractivity contribution in [3.8, 4) is 0 Å². The summed E-state index contributed by atoms with van der Waals surface area (Å²) >= 11 is 0. The van der Waals surface area contributed by atoms with Gasteiger partial charge in [-0.3, -0.25) is 24.3 Å². The van der Waals surface area contributed by atoms with Gasteiger partial charge in [0.15, 0.2) is 0 Å². The third-order valence-corrected chi connectivity index (χ3v) is 4.12. The number of likely N-dealkylation sites (N-methyl/N-ethyl adjacent to an activating group) is 1. The number of rotatable bonds is 5. The Hall–Kier alpha value is -3.62. The molecule has 3 aromatic rings. The van der Waals surface area contributed by atoms with Crippen LogP contribution in [0.25, 0.3) is 10.9 Å². The maximum Gasteiger partial charge on any atom is 0.271 e. The summed E-state index contributed by atoms with van der Waals surface area (Å²) < 4.78 is 14.8.